The lowest BCUT2D eigenvalue weighted by Crippen LogP contribution is -2.04. The van der Waals surface area contributed by atoms with Crippen LogP contribution in [0.15, 0.2) is 30.3 Å². The molecule has 0 N–H and O–H groups in total. The number of hydrogen-bond donors (Lipinski definition) is 0. The van der Waals surface area contributed by atoms with Crippen molar-refractivity contribution in [1.29, 1.82) is 0 Å². The van der Waals surface area contributed by atoms with E-state index in [4.69, 9.17) is 0 Å². The molecule has 0 spiro atoms. The second-order valence-corrected chi connectivity index (χ2v) is 2.68. The molecule has 1 aliphatic carbocycles. The number of ketones is 1. The van der Waals surface area contributed by atoms with Crippen LogP contribution in [0.2, 0.25) is 0 Å². The minimum absolute atomic E-state index is 0.198. The first kappa shape index (κ1) is 13.6. The summed E-state index contributed by atoms with van der Waals surface area (Å²) in [5, 5.41) is 0. The van der Waals surface area contributed by atoms with Crippen molar-refractivity contribution in [1.82, 2.24) is 0 Å². The Labute approximate surface area is 92.8 Å². The summed E-state index contributed by atoms with van der Waals surface area (Å²) < 4.78 is 0. The molecule has 0 amide bonds. The molecule has 0 bridgehead atoms. The van der Waals surface area contributed by atoms with Gasteiger partial charge in [-0.25, -0.2) is 0 Å². The van der Waals surface area contributed by atoms with Gasteiger partial charge in [0.05, 0.1) is 0 Å². The minimum atomic E-state index is 0.198. The second kappa shape index (κ2) is 7.98. The van der Waals surface area contributed by atoms with Gasteiger partial charge in [0.15, 0.2) is 5.78 Å². The van der Waals surface area contributed by atoms with Gasteiger partial charge in [0.25, 0.3) is 0 Å². The van der Waals surface area contributed by atoms with Crippen molar-refractivity contribution >= 4 is 11.9 Å². The number of rotatable bonds is 0. The zero-order valence-corrected chi connectivity index (χ0v) is 10.1. The molecule has 0 unspecified atom stereocenters. The highest BCUT2D eigenvalue weighted by molar-refractivity contribution is 5.98. The van der Waals surface area contributed by atoms with E-state index in [1.54, 1.807) is 6.08 Å². The zero-order chi connectivity index (χ0) is 11.7. The SMILES string of the molecule is CC.CC.O=C1C=Cc2ccccc2C1. The molecule has 1 aromatic carbocycles. The van der Waals surface area contributed by atoms with Crippen LogP contribution >= 0.6 is 0 Å². The first-order valence-corrected chi connectivity index (χ1v) is 5.65. The maximum Gasteiger partial charge on any atom is 0.160 e. The van der Waals surface area contributed by atoms with Crippen molar-refractivity contribution in [3.8, 4) is 0 Å². The predicted octanol–water partition coefficient (Wildman–Crippen LogP) is 3.88. The molecule has 82 valence electrons. The van der Waals surface area contributed by atoms with E-state index in [9.17, 15) is 4.79 Å². The Morgan fingerprint density at radius 3 is 2.20 bits per heavy atom. The Bertz CT molecular complexity index is 324. The normalized spacial score (nSPS) is 11.6. The van der Waals surface area contributed by atoms with Crippen LogP contribution < -0.4 is 0 Å². The lowest BCUT2D eigenvalue weighted by atomic mass is 9.97. The molecule has 0 saturated carbocycles. The molecule has 0 aromatic heterocycles. The lowest BCUT2D eigenvalue weighted by molar-refractivity contribution is -0.114. The predicted molar refractivity (Wildman–Crippen MR) is 66.9 cm³/mol. The fraction of sp³-hybridized carbons (Fsp3) is 0.357. The molecule has 0 saturated heterocycles. The van der Waals surface area contributed by atoms with Crippen molar-refractivity contribution in [3.63, 3.8) is 0 Å². The van der Waals surface area contributed by atoms with Gasteiger partial charge in [0, 0.05) is 6.42 Å². The molecule has 0 fully saturated rings. The molecule has 0 heterocycles. The number of fused-ring (bicyclic) bond motifs is 1. The van der Waals surface area contributed by atoms with Gasteiger partial charge in [-0.15, -0.1) is 0 Å². The van der Waals surface area contributed by atoms with E-state index in [1.807, 2.05) is 58.0 Å². The summed E-state index contributed by atoms with van der Waals surface area (Å²) in [6, 6.07) is 7.97. The fourth-order valence-electron chi connectivity index (χ4n) is 1.29. The monoisotopic (exact) mass is 204 g/mol. The van der Waals surface area contributed by atoms with Crippen LogP contribution in [0.3, 0.4) is 0 Å². The Morgan fingerprint density at radius 2 is 1.53 bits per heavy atom. The molecule has 15 heavy (non-hydrogen) atoms. The van der Waals surface area contributed by atoms with Gasteiger partial charge in [-0.05, 0) is 17.2 Å². The Morgan fingerprint density at radius 1 is 0.933 bits per heavy atom. The van der Waals surface area contributed by atoms with Crippen LogP contribution in [0.5, 0.6) is 0 Å². The van der Waals surface area contributed by atoms with E-state index in [0.29, 0.717) is 6.42 Å². The van der Waals surface area contributed by atoms with Crippen LogP contribution in [0.25, 0.3) is 6.08 Å². The summed E-state index contributed by atoms with van der Waals surface area (Å²) in [7, 11) is 0. The van der Waals surface area contributed by atoms with Gasteiger partial charge < -0.3 is 0 Å². The first-order chi connectivity index (χ1) is 7.36. The molecular weight excluding hydrogens is 184 g/mol. The van der Waals surface area contributed by atoms with Gasteiger partial charge in [-0.3, -0.25) is 4.79 Å². The highest BCUT2D eigenvalue weighted by Crippen LogP contribution is 2.15. The molecule has 1 nitrogen and oxygen atoms in total. The van der Waals surface area contributed by atoms with Crippen LogP contribution in [0.4, 0.5) is 0 Å². The van der Waals surface area contributed by atoms with Crippen molar-refractivity contribution in [2.45, 2.75) is 34.1 Å². The topological polar surface area (TPSA) is 17.1 Å². The molecule has 0 aliphatic heterocycles. The third-order valence-corrected chi connectivity index (χ3v) is 1.87. The van der Waals surface area contributed by atoms with Crippen LogP contribution in [0.1, 0.15) is 38.8 Å². The summed E-state index contributed by atoms with van der Waals surface area (Å²) >= 11 is 0. The summed E-state index contributed by atoms with van der Waals surface area (Å²) in [5.74, 6) is 0.198. The molecular formula is C14H20O. The standard InChI is InChI=1S/C10H8O.2C2H6/c11-10-6-5-8-3-1-2-4-9(8)7-10;2*1-2/h1-6H,7H2;2*1-2H3. The number of carbonyl (C=O) groups is 1. The second-order valence-electron chi connectivity index (χ2n) is 2.68. The Hall–Kier alpha value is -1.37. The molecule has 1 aromatic rings. The molecule has 1 heteroatoms. The number of allylic oxidation sites excluding steroid dienone is 1. The molecule has 0 radical (unpaired) electrons. The smallest absolute Gasteiger partial charge is 0.160 e. The Kier molecular flexibility index (Phi) is 7.25. The van der Waals surface area contributed by atoms with E-state index in [1.165, 1.54) is 5.56 Å². The average molecular weight is 204 g/mol. The van der Waals surface area contributed by atoms with E-state index in [2.05, 4.69) is 0 Å². The number of carbonyl (C=O) groups excluding carboxylic acids is 1. The highest BCUT2D eigenvalue weighted by Gasteiger charge is 2.07. The van der Waals surface area contributed by atoms with Gasteiger partial charge in [-0.1, -0.05) is 58.0 Å². The van der Waals surface area contributed by atoms with E-state index in [0.717, 1.165) is 5.56 Å². The lowest BCUT2D eigenvalue weighted by Gasteiger charge is -2.07. The fourth-order valence-corrected chi connectivity index (χ4v) is 1.29. The summed E-state index contributed by atoms with van der Waals surface area (Å²) in [6.07, 6.45) is 4.08. The van der Waals surface area contributed by atoms with Crippen LogP contribution in [-0.4, -0.2) is 5.78 Å². The summed E-state index contributed by atoms with van der Waals surface area (Å²) in [6.45, 7) is 8.00. The molecule has 1 aliphatic rings. The quantitative estimate of drug-likeness (QED) is 0.627. The van der Waals surface area contributed by atoms with Gasteiger partial charge in [-0.2, -0.15) is 0 Å². The van der Waals surface area contributed by atoms with Crippen molar-refractivity contribution in [2.24, 2.45) is 0 Å². The third kappa shape index (κ3) is 4.11. The van der Waals surface area contributed by atoms with Gasteiger partial charge in [0.1, 0.15) is 0 Å². The van der Waals surface area contributed by atoms with Gasteiger partial charge >= 0.3 is 0 Å². The number of hydrogen-bond acceptors (Lipinski definition) is 1. The Balaban J connectivity index is 0.000000442. The average Bonchev–Trinajstić information content (AvgIpc) is 2.34. The van der Waals surface area contributed by atoms with E-state index < -0.39 is 0 Å². The van der Waals surface area contributed by atoms with Crippen molar-refractivity contribution in [3.05, 3.63) is 41.5 Å². The zero-order valence-electron chi connectivity index (χ0n) is 10.1. The first-order valence-electron chi connectivity index (χ1n) is 5.65. The minimum Gasteiger partial charge on any atom is -0.294 e. The van der Waals surface area contributed by atoms with Crippen molar-refractivity contribution < 1.29 is 4.79 Å². The maximum atomic E-state index is 10.9. The maximum absolute atomic E-state index is 10.9. The molecule has 2 rings (SSSR count). The van der Waals surface area contributed by atoms with E-state index in [-0.39, 0.29) is 5.78 Å². The largest absolute Gasteiger partial charge is 0.294 e. The van der Waals surface area contributed by atoms with Crippen LogP contribution in [-0.2, 0) is 11.2 Å². The summed E-state index contributed by atoms with van der Waals surface area (Å²) in [4.78, 5) is 10.9. The number of benzene rings is 1. The third-order valence-electron chi connectivity index (χ3n) is 1.87. The van der Waals surface area contributed by atoms with E-state index >= 15 is 0 Å². The van der Waals surface area contributed by atoms with Crippen LogP contribution in [0, 0.1) is 0 Å². The van der Waals surface area contributed by atoms with Crippen molar-refractivity contribution in [2.75, 3.05) is 0 Å². The summed E-state index contributed by atoms with van der Waals surface area (Å²) in [5.41, 5.74) is 2.31. The highest BCUT2D eigenvalue weighted by atomic mass is 16.1. The van der Waals surface area contributed by atoms with Gasteiger partial charge in [0.2, 0.25) is 0 Å². The molecule has 0 atom stereocenters.